The molecular weight excluding hydrogens is 947 g/mol. The van der Waals surface area contributed by atoms with Gasteiger partial charge in [0.2, 0.25) is 0 Å². The molecule has 0 unspecified atom stereocenters. The molecule has 0 aliphatic carbocycles. The Labute approximate surface area is 469 Å². The highest BCUT2D eigenvalue weighted by Gasteiger charge is 2.38. The van der Waals surface area contributed by atoms with Crippen molar-refractivity contribution >= 4 is 23.9 Å². The summed E-state index contributed by atoms with van der Waals surface area (Å²) in [6.45, 7) is 9.02. The predicted molar refractivity (Wildman–Crippen MR) is 320 cm³/mol. The summed E-state index contributed by atoms with van der Waals surface area (Å²) in [6, 6.07) is 0. The van der Waals surface area contributed by atoms with E-state index in [-0.39, 0.29) is 76.0 Å². The Bertz CT molecular complexity index is 1280. The molecule has 1 aliphatic rings. The molecule has 0 amide bonds. The van der Waals surface area contributed by atoms with E-state index in [2.05, 4.69) is 62.1 Å². The molecule has 0 N–H and O–H groups in total. The van der Waals surface area contributed by atoms with Gasteiger partial charge in [0.15, 0.2) is 0 Å². The van der Waals surface area contributed by atoms with Crippen molar-refractivity contribution in [2.75, 3.05) is 46.1 Å². The van der Waals surface area contributed by atoms with E-state index in [1.54, 1.807) is 0 Å². The Kier molecular flexibility index (Phi) is 51.8. The molecule has 1 heterocycles. The minimum atomic E-state index is -1.22. The Morgan fingerprint density at radius 3 is 0.803 bits per heavy atom. The zero-order valence-corrected chi connectivity index (χ0v) is 50.2. The maximum atomic E-state index is 13.3. The lowest BCUT2D eigenvalue weighted by Gasteiger charge is -2.31. The number of hydrogen-bond donors (Lipinski definition) is 0. The Morgan fingerprint density at radius 1 is 0.316 bits per heavy atom. The highest BCUT2D eigenvalue weighted by atomic mass is 16.6. The van der Waals surface area contributed by atoms with E-state index >= 15 is 0 Å². The summed E-state index contributed by atoms with van der Waals surface area (Å²) in [5, 5.41) is 0. The first kappa shape index (κ1) is 71.1. The molecular formula is C67H121NO8. The zero-order valence-electron chi connectivity index (χ0n) is 50.2. The third-order valence-electron chi connectivity index (χ3n) is 15.1. The van der Waals surface area contributed by atoms with Crippen LogP contribution in [-0.4, -0.2) is 74.8 Å². The number of carbonyl (C=O) groups excluding carboxylic acids is 4. The number of likely N-dealkylation sites (tertiary alicyclic amines) is 1. The monoisotopic (exact) mass is 1070 g/mol. The van der Waals surface area contributed by atoms with Crippen LogP contribution >= 0.6 is 0 Å². The molecule has 0 saturated carbocycles. The second kappa shape index (κ2) is 55.4. The number of esters is 4. The van der Waals surface area contributed by atoms with Crippen LogP contribution in [0.15, 0.2) is 36.5 Å². The molecule has 1 saturated heterocycles. The van der Waals surface area contributed by atoms with Gasteiger partial charge in [-0.2, -0.15) is 0 Å². The Morgan fingerprint density at radius 2 is 0.539 bits per heavy atom. The average molecular weight is 1070 g/mol. The van der Waals surface area contributed by atoms with Crippen LogP contribution in [0, 0.1) is 5.41 Å². The van der Waals surface area contributed by atoms with Crippen molar-refractivity contribution < 1.29 is 38.1 Å². The molecule has 9 heteroatoms. The van der Waals surface area contributed by atoms with Crippen LogP contribution < -0.4 is 0 Å². The summed E-state index contributed by atoms with van der Waals surface area (Å²) < 4.78 is 23.6. The minimum absolute atomic E-state index is 0.181. The summed E-state index contributed by atoms with van der Waals surface area (Å²) in [7, 11) is 0. The number of rotatable bonds is 57. The fraction of sp³-hybridized carbons (Fsp3) is 0.851. The van der Waals surface area contributed by atoms with Gasteiger partial charge in [-0.3, -0.25) is 19.2 Å². The molecule has 0 spiro atoms. The minimum Gasteiger partial charge on any atom is -0.465 e. The van der Waals surface area contributed by atoms with Crippen molar-refractivity contribution in [1.29, 1.82) is 0 Å². The van der Waals surface area contributed by atoms with E-state index in [1.165, 1.54) is 148 Å². The summed E-state index contributed by atoms with van der Waals surface area (Å²) in [6.07, 6.45) is 64.0. The first-order valence-corrected chi connectivity index (χ1v) is 32.6. The maximum absolute atomic E-state index is 13.3. The van der Waals surface area contributed by atoms with Crippen LogP contribution in [0.3, 0.4) is 0 Å². The lowest BCUT2D eigenvalue weighted by molar-refractivity contribution is -0.170. The van der Waals surface area contributed by atoms with Gasteiger partial charge in [-0.05, 0) is 135 Å². The Hall–Kier alpha value is -2.94. The SMILES string of the molecule is CCCCCCCC/C=C\CCCCCCCC(=O)OCC(COC(=O)CCCCCCC/C=C\CCCCCCCC)(COC(=O)CCCCCCC/C=C\CCCCCCCC)COC(=O)CCCN1CCCC1. The van der Waals surface area contributed by atoms with Gasteiger partial charge in [-0.15, -0.1) is 0 Å². The molecule has 0 aromatic carbocycles. The normalized spacial score (nSPS) is 13.2. The van der Waals surface area contributed by atoms with E-state index in [9.17, 15) is 19.2 Å². The van der Waals surface area contributed by atoms with Crippen molar-refractivity contribution in [2.45, 2.75) is 316 Å². The maximum Gasteiger partial charge on any atom is 0.305 e. The third-order valence-corrected chi connectivity index (χ3v) is 15.1. The molecule has 0 aromatic rings. The summed E-state index contributed by atoms with van der Waals surface area (Å²) in [5.74, 6) is -1.41. The molecule has 1 aliphatic heterocycles. The molecule has 1 rings (SSSR count). The van der Waals surface area contributed by atoms with Crippen LogP contribution in [0.1, 0.15) is 316 Å². The molecule has 0 aromatic heterocycles. The molecule has 0 atom stereocenters. The van der Waals surface area contributed by atoms with E-state index in [4.69, 9.17) is 18.9 Å². The van der Waals surface area contributed by atoms with Crippen molar-refractivity contribution in [3.63, 3.8) is 0 Å². The van der Waals surface area contributed by atoms with E-state index in [0.717, 1.165) is 135 Å². The largest absolute Gasteiger partial charge is 0.465 e. The van der Waals surface area contributed by atoms with Crippen LogP contribution in [0.4, 0.5) is 0 Å². The topological polar surface area (TPSA) is 108 Å². The molecule has 0 radical (unpaired) electrons. The highest BCUT2D eigenvalue weighted by molar-refractivity contribution is 5.71. The number of carbonyl (C=O) groups is 4. The van der Waals surface area contributed by atoms with Crippen molar-refractivity contribution in [3.05, 3.63) is 36.5 Å². The average Bonchev–Trinajstić information content (AvgIpc) is 3.95. The second-order valence-corrected chi connectivity index (χ2v) is 22.8. The number of allylic oxidation sites excluding steroid dienone is 6. The van der Waals surface area contributed by atoms with E-state index in [1.807, 2.05) is 0 Å². The van der Waals surface area contributed by atoms with Crippen LogP contribution in [-0.2, 0) is 38.1 Å². The summed E-state index contributed by atoms with van der Waals surface area (Å²) in [4.78, 5) is 55.4. The lowest BCUT2D eigenvalue weighted by atomic mass is 9.92. The molecule has 1 fully saturated rings. The molecule has 76 heavy (non-hydrogen) atoms. The number of nitrogens with zero attached hydrogens (tertiary/aromatic N) is 1. The predicted octanol–water partition coefficient (Wildman–Crippen LogP) is 19.1. The third kappa shape index (κ3) is 48.2. The van der Waals surface area contributed by atoms with Crippen molar-refractivity contribution in [2.24, 2.45) is 5.41 Å². The van der Waals surface area contributed by atoms with Gasteiger partial charge in [0.1, 0.15) is 31.8 Å². The van der Waals surface area contributed by atoms with Gasteiger partial charge < -0.3 is 23.8 Å². The first-order chi connectivity index (χ1) is 37.3. The number of unbranched alkanes of at least 4 members (excludes halogenated alkanes) is 33. The van der Waals surface area contributed by atoms with Gasteiger partial charge in [-0.1, -0.05) is 211 Å². The molecule has 442 valence electrons. The second-order valence-electron chi connectivity index (χ2n) is 22.8. The van der Waals surface area contributed by atoms with Gasteiger partial charge in [0, 0.05) is 25.7 Å². The lowest BCUT2D eigenvalue weighted by Crippen LogP contribution is -2.44. The fourth-order valence-electron chi connectivity index (χ4n) is 9.95. The number of ether oxygens (including phenoxy) is 4. The number of hydrogen-bond acceptors (Lipinski definition) is 9. The zero-order chi connectivity index (χ0) is 54.9. The van der Waals surface area contributed by atoms with Gasteiger partial charge in [-0.25, -0.2) is 0 Å². The van der Waals surface area contributed by atoms with E-state index < -0.39 is 5.41 Å². The smallest absolute Gasteiger partial charge is 0.305 e. The highest BCUT2D eigenvalue weighted by Crippen LogP contribution is 2.24. The van der Waals surface area contributed by atoms with Crippen molar-refractivity contribution in [3.8, 4) is 0 Å². The molecule has 0 bridgehead atoms. The van der Waals surface area contributed by atoms with Crippen LogP contribution in [0.25, 0.3) is 0 Å². The first-order valence-electron chi connectivity index (χ1n) is 32.6. The van der Waals surface area contributed by atoms with Gasteiger partial charge in [0.05, 0.1) is 0 Å². The Balaban J connectivity index is 2.76. The van der Waals surface area contributed by atoms with Gasteiger partial charge >= 0.3 is 23.9 Å². The fourth-order valence-corrected chi connectivity index (χ4v) is 9.95. The van der Waals surface area contributed by atoms with Crippen molar-refractivity contribution in [1.82, 2.24) is 4.90 Å². The summed E-state index contributed by atoms with van der Waals surface area (Å²) in [5.41, 5.74) is -1.22. The van der Waals surface area contributed by atoms with E-state index in [0.29, 0.717) is 6.42 Å². The quantitative estimate of drug-likeness (QED) is 0.0255. The van der Waals surface area contributed by atoms with Gasteiger partial charge in [0.25, 0.3) is 0 Å². The molecule has 9 nitrogen and oxygen atoms in total. The van der Waals surface area contributed by atoms with Crippen LogP contribution in [0.5, 0.6) is 0 Å². The standard InChI is InChI=1S/C67H121NO8/c1-4-7-10-13-16-19-22-25-28-31-34-37-40-43-46-52-63(69)73-59-67(62-76-66(72)55-51-58-68-56-49-50-57-68,60-74-64(70)53-47-44-41-38-35-32-29-26-23-20-17-14-11-8-5-2)61-75-65(71)54-48-45-42-39-36-33-30-27-24-21-18-15-12-9-6-3/h25-30H,4-24,31-62H2,1-3H3/b28-25-,29-26-,30-27-. The van der Waals surface area contributed by atoms with Crippen LogP contribution in [0.2, 0.25) is 0 Å². The summed E-state index contributed by atoms with van der Waals surface area (Å²) >= 11 is 0.